The zero-order valence-corrected chi connectivity index (χ0v) is 9.05. The molecule has 0 N–H and O–H groups in total. The van der Waals surface area contributed by atoms with Crippen LogP contribution in [0.1, 0.15) is 40.5 Å². The van der Waals surface area contributed by atoms with Crippen molar-refractivity contribution >= 4 is 10.5 Å². The quantitative estimate of drug-likeness (QED) is 0.578. The van der Waals surface area contributed by atoms with Gasteiger partial charge in [0, 0.05) is 6.10 Å². The highest BCUT2D eigenvalue weighted by atomic mass is 28.2. The standard InChI is InChI=1S/C9H19OSi/c1-5-7(3)9(10-11)8(4)6-2/h7-9H,5-6H2,1-4H3. The number of rotatable bonds is 5. The minimum Gasteiger partial charge on any atom is -0.415 e. The molecule has 0 aliphatic heterocycles. The van der Waals surface area contributed by atoms with Gasteiger partial charge in [-0.1, -0.05) is 40.5 Å². The largest absolute Gasteiger partial charge is 0.415 e. The molecule has 2 heteroatoms. The SMILES string of the molecule is CCC(C)C(O[Si])C(C)CC. The highest BCUT2D eigenvalue weighted by Crippen LogP contribution is 2.20. The summed E-state index contributed by atoms with van der Waals surface area (Å²) in [5.41, 5.74) is 0. The van der Waals surface area contributed by atoms with Crippen molar-refractivity contribution in [1.29, 1.82) is 0 Å². The summed E-state index contributed by atoms with van der Waals surface area (Å²) in [6, 6.07) is 0. The average molecular weight is 171 g/mol. The Morgan fingerprint density at radius 1 is 1.09 bits per heavy atom. The number of hydrogen-bond acceptors (Lipinski definition) is 1. The molecule has 0 rings (SSSR count). The molecule has 0 aromatic heterocycles. The Balaban J connectivity index is 3.92. The van der Waals surface area contributed by atoms with Crippen LogP contribution in [0.15, 0.2) is 0 Å². The zero-order chi connectivity index (χ0) is 8.85. The summed E-state index contributed by atoms with van der Waals surface area (Å²) in [5, 5.41) is 0. The molecular weight excluding hydrogens is 152 g/mol. The van der Waals surface area contributed by atoms with E-state index in [1.165, 1.54) is 12.8 Å². The molecule has 0 aliphatic rings. The fraction of sp³-hybridized carbons (Fsp3) is 1.00. The van der Waals surface area contributed by atoms with E-state index < -0.39 is 0 Å². The lowest BCUT2D eigenvalue weighted by atomic mass is 9.90. The van der Waals surface area contributed by atoms with Gasteiger partial charge in [0.15, 0.2) is 0 Å². The van der Waals surface area contributed by atoms with E-state index in [0.717, 1.165) is 0 Å². The van der Waals surface area contributed by atoms with E-state index in [1.807, 2.05) is 0 Å². The van der Waals surface area contributed by atoms with Gasteiger partial charge in [0.2, 0.25) is 10.5 Å². The minimum absolute atomic E-state index is 0.363. The summed E-state index contributed by atoms with van der Waals surface area (Å²) in [5.74, 6) is 1.28. The molecule has 1 nitrogen and oxygen atoms in total. The van der Waals surface area contributed by atoms with Gasteiger partial charge in [-0.2, -0.15) is 0 Å². The molecule has 11 heavy (non-hydrogen) atoms. The zero-order valence-electron chi connectivity index (χ0n) is 8.05. The third-order valence-electron chi connectivity index (χ3n) is 2.55. The summed E-state index contributed by atoms with van der Waals surface area (Å²) in [6.45, 7) is 8.87. The maximum absolute atomic E-state index is 5.26. The maximum Gasteiger partial charge on any atom is 0.246 e. The Morgan fingerprint density at radius 3 is 1.64 bits per heavy atom. The number of hydrogen-bond donors (Lipinski definition) is 0. The van der Waals surface area contributed by atoms with E-state index in [4.69, 9.17) is 4.43 Å². The Morgan fingerprint density at radius 2 is 1.45 bits per heavy atom. The van der Waals surface area contributed by atoms with Crippen molar-refractivity contribution in [2.45, 2.75) is 46.6 Å². The molecule has 3 radical (unpaired) electrons. The summed E-state index contributed by atoms with van der Waals surface area (Å²) < 4.78 is 5.26. The predicted molar refractivity (Wildman–Crippen MR) is 49.5 cm³/mol. The molecule has 0 spiro atoms. The average Bonchev–Trinajstić information content (AvgIpc) is 2.05. The Bertz CT molecular complexity index is 85.6. The fourth-order valence-corrected chi connectivity index (χ4v) is 1.72. The normalized spacial score (nSPS) is 19.4. The van der Waals surface area contributed by atoms with E-state index in [-0.39, 0.29) is 0 Å². The van der Waals surface area contributed by atoms with Crippen LogP contribution in [0.4, 0.5) is 0 Å². The lowest BCUT2D eigenvalue weighted by molar-refractivity contribution is 0.0957. The van der Waals surface area contributed by atoms with Crippen molar-refractivity contribution in [1.82, 2.24) is 0 Å². The van der Waals surface area contributed by atoms with E-state index in [2.05, 4.69) is 38.2 Å². The van der Waals surface area contributed by atoms with Crippen molar-refractivity contribution in [2.24, 2.45) is 11.8 Å². The van der Waals surface area contributed by atoms with Gasteiger partial charge in [0.05, 0.1) is 0 Å². The van der Waals surface area contributed by atoms with Crippen LogP contribution in [0.2, 0.25) is 0 Å². The third kappa shape index (κ3) is 3.39. The Hall–Kier alpha value is 0.177. The molecule has 0 heterocycles. The van der Waals surface area contributed by atoms with Gasteiger partial charge >= 0.3 is 0 Å². The molecule has 0 bridgehead atoms. The van der Waals surface area contributed by atoms with Gasteiger partial charge in [-0.15, -0.1) is 0 Å². The van der Waals surface area contributed by atoms with Crippen LogP contribution in [0.3, 0.4) is 0 Å². The lowest BCUT2D eigenvalue weighted by Gasteiger charge is -2.27. The molecule has 0 fully saturated rings. The Labute approximate surface area is 74.1 Å². The summed E-state index contributed by atoms with van der Waals surface area (Å²) in [6.07, 6.45) is 2.72. The monoisotopic (exact) mass is 171 g/mol. The smallest absolute Gasteiger partial charge is 0.246 e. The first-order valence-corrected chi connectivity index (χ1v) is 4.90. The van der Waals surface area contributed by atoms with Crippen LogP contribution in [0.5, 0.6) is 0 Å². The minimum atomic E-state index is 0.363. The van der Waals surface area contributed by atoms with Gasteiger partial charge in [-0.25, -0.2) is 0 Å². The summed E-state index contributed by atoms with van der Waals surface area (Å²) in [4.78, 5) is 0. The van der Waals surface area contributed by atoms with Crippen LogP contribution in [-0.4, -0.2) is 16.6 Å². The highest BCUT2D eigenvalue weighted by Gasteiger charge is 2.19. The molecule has 0 aromatic rings. The van der Waals surface area contributed by atoms with Crippen molar-refractivity contribution in [3.8, 4) is 0 Å². The first-order chi connectivity index (χ1) is 5.17. The maximum atomic E-state index is 5.26. The van der Waals surface area contributed by atoms with Crippen LogP contribution in [0, 0.1) is 11.8 Å². The first-order valence-electron chi connectivity index (χ1n) is 4.49. The molecule has 0 saturated carbocycles. The van der Waals surface area contributed by atoms with Gasteiger partial charge in [-0.3, -0.25) is 0 Å². The van der Waals surface area contributed by atoms with Crippen molar-refractivity contribution in [3.05, 3.63) is 0 Å². The van der Waals surface area contributed by atoms with Crippen LogP contribution in [0.25, 0.3) is 0 Å². The third-order valence-corrected chi connectivity index (χ3v) is 2.82. The van der Waals surface area contributed by atoms with Crippen molar-refractivity contribution in [2.75, 3.05) is 0 Å². The van der Waals surface area contributed by atoms with Crippen molar-refractivity contribution in [3.63, 3.8) is 0 Å². The second kappa shape index (κ2) is 5.78. The van der Waals surface area contributed by atoms with Gasteiger partial charge in [0.25, 0.3) is 0 Å². The van der Waals surface area contributed by atoms with Gasteiger partial charge < -0.3 is 4.43 Å². The molecule has 0 aliphatic carbocycles. The molecular formula is C9H19OSi. The summed E-state index contributed by atoms with van der Waals surface area (Å²) in [7, 11) is 3.15. The van der Waals surface area contributed by atoms with Crippen LogP contribution in [-0.2, 0) is 4.43 Å². The lowest BCUT2D eigenvalue weighted by Crippen LogP contribution is -2.27. The molecule has 0 saturated heterocycles. The summed E-state index contributed by atoms with van der Waals surface area (Å²) >= 11 is 0. The van der Waals surface area contributed by atoms with E-state index in [1.54, 1.807) is 0 Å². The van der Waals surface area contributed by atoms with E-state index in [9.17, 15) is 0 Å². The topological polar surface area (TPSA) is 9.23 Å². The second-order valence-electron chi connectivity index (χ2n) is 3.35. The van der Waals surface area contributed by atoms with Gasteiger partial charge in [-0.05, 0) is 11.8 Å². The van der Waals surface area contributed by atoms with Gasteiger partial charge in [0.1, 0.15) is 0 Å². The molecule has 2 unspecified atom stereocenters. The Kier molecular flexibility index (Phi) is 5.87. The predicted octanol–water partition coefficient (Wildman–Crippen LogP) is 2.55. The fourth-order valence-electron chi connectivity index (χ4n) is 1.26. The second-order valence-corrected chi connectivity index (χ2v) is 3.59. The molecule has 0 amide bonds. The first kappa shape index (κ1) is 11.2. The van der Waals surface area contributed by atoms with Crippen molar-refractivity contribution < 1.29 is 4.43 Å². The molecule has 2 atom stereocenters. The van der Waals surface area contributed by atoms with Crippen LogP contribution >= 0.6 is 0 Å². The highest BCUT2D eigenvalue weighted by molar-refractivity contribution is 5.98. The molecule has 65 valence electrons. The van der Waals surface area contributed by atoms with E-state index >= 15 is 0 Å². The van der Waals surface area contributed by atoms with Crippen LogP contribution < -0.4 is 0 Å². The van der Waals surface area contributed by atoms with E-state index in [0.29, 0.717) is 17.9 Å². The molecule has 0 aromatic carbocycles.